The molecule has 2 aliphatic rings. The lowest BCUT2D eigenvalue weighted by Gasteiger charge is -2.34. The first-order valence-corrected chi connectivity index (χ1v) is 7.24. The van der Waals surface area contributed by atoms with Crippen LogP contribution in [0.15, 0.2) is 0 Å². The molecule has 1 N–H and O–H groups in total. The van der Waals surface area contributed by atoms with Gasteiger partial charge in [-0.3, -0.25) is 4.79 Å². The molecule has 1 amide bonds. The Hall–Kier alpha value is -0.610. The van der Waals surface area contributed by atoms with Gasteiger partial charge in [0.05, 0.1) is 5.92 Å². The van der Waals surface area contributed by atoms with E-state index in [1.165, 1.54) is 12.8 Å². The highest BCUT2D eigenvalue weighted by atomic mass is 16.2. The zero-order valence-corrected chi connectivity index (χ0v) is 12.1. The molecule has 4 unspecified atom stereocenters. The van der Waals surface area contributed by atoms with Crippen LogP contribution >= 0.6 is 0 Å². The average Bonchev–Trinajstić information content (AvgIpc) is 2.90. The SMILES string of the molecule is CCN(C(=O)C1CC2CCC1N2)C(C)CN(C)C. The van der Waals surface area contributed by atoms with E-state index in [0.29, 0.717) is 24.0 Å². The van der Waals surface area contributed by atoms with Crippen molar-refractivity contribution in [2.24, 2.45) is 5.92 Å². The maximum absolute atomic E-state index is 12.7. The lowest BCUT2D eigenvalue weighted by Crippen LogP contribution is -2.48. The molecule has 2 fully saturated rings. The number of carbonyl (C=O) groups excluding carboxylic acids is 1. The number of carbonyl (C=O) groups is 1. The molecule has 2 saturated heterocycles. The van der Waals surface area contributed by atoms with E-state index < -0.39 is 0 Å². The Balaban J connectivity index is 1.97. The summed E-state index contributed by atoms with van der Waals surface area (Å²) in [5.74, 6) is 0.597. The highest BCUT2D eigenvalue weighted by Crippen LogP contribution is 2.34. The maximum Gasteiger partial charge on any atom is 0.227 e. The molecule has 0 aliphatic carbocycles. The Labute approximate surface area is 111 Å². The van der Waals surface area contributed by atoms with Gasteiger partial charge in [0.2, 0.25) is 5.91 Å². The molecule has 2 heterocycles. The Morgan fingerprint density at radius 2 is 2.11 bits per heavy atom. The molecule has 4 atom stereocenters. The normalized spacial score (nSPS) is 31.9. The lowest BCUT2D eigenvalue weighted by atomic mass is 9.88. The van der Waals surface area contributed by atoms with E-state index in [0.717, 1.165) is 19.5 Å². The molecule has 2 rings (SSSR count). The molecule has 0 saturated carbocycles. The number of amides is 1. The fourth-order valence-electron chi connectivity index (χ4n) is 3.62. The second-order valence-corrected chi connectivity index (χ2v) is 6.13. The smallest absolute Gasteiger partial charge is 0.227 e. The number of hydrogen-bond acceptors (Lipinski definition) is 3. The van der Waals surface area contributed by atoms with Gasteiger partial charge in [0.1, 0.15) is 0 Å². The first kappa shape index (κ1) is 13.8. The topological polar surface area (TPSA) is 35.6 Å². The summed E-state index contributed by atoms with van der Waals surface area (Å²) in [5.41, 5.74) is 0. The van der Waals surface area contributed by atoms with Crippen molar-refractivity contribution < 1.29 is 4.79 Å². The summed E-state index contributed by atoms with van der Waals surface area (Å²) in [4.78, 5) is 16.9. The number of fused-ring (bicyclic) bond motifs is 2. The van der Waals surface area contributed by atoms with Gasteiger partial charge in [-0.25, -0.2) is 0 Å². The zero-order chi connectivity index (χ0) is 13.3. The van der Waals surface area contributed by atoms with E-state index in [9.17, 15) is 4.79 Å². The number of likely N-dealkylation sites (N-methyl/N-ethyl adjacent to an activating group) is 2. The molecule has 0 aromatic rings. The van der Waals surface area contributed by atoms with Gasteiger partial charge in [0.15, 0.2) is 0 Å². The van der Waals surface area contributed by atoms with E-state index in [1.807, 2.05) is 0 Å². The molecule has 2 bridgehead atoms. The molecule has 0 aromatic heterocycles. The molecule has 4 heteroatoms. The monoisotopic (exact) mass is 253 g/mol. The standard InChI is InChI=1S/C14H27N3O/c1-5-17(10(2)9-16(3)4)14(18)12-8-11-6-7-13(12)15-11/h10-13,15H,5-9H2,1-4H3. The minimum absolute atomic E-state index is 0.230. The van der Waals surface area contributed by atoms with Crippen LogP contribution in [0.2, 0.25) is 0 Å². The van der Waals surface area contributed by atoms with Crippen molar-refractivity contribution >= 4 is 5.91 Å². The molecule has 0 spiro atoms. The molecule has 104 valence electrons. The van der Waals surface area contributed by atoms with Crippen molar-refractivity contribution in [2.75, 3.05) is 27.2 Å². The minimum atomic E-state index is 0.230. The molecule has 2 aliphatic heterocycles. The van der Waals surface area contributed by atoms with Crippen LogP contribution in [0.5, 0.6) is 0 Å². The zero-order valence-electron chi connectivity index (χ0n) is 12.1. The van der Waals surface area contributed by atoms with Crippen LogP contribution in [0, 0.1) is 5.92 Å². The highest BCUT2D eigenvalue weighted by Gasteiger charge is 2.44. The minimum Gasteiger partial charge on any atom is -0.339 e. The van der Waals surface area contributed by atoms with Crippen molar-refractivity contribution in [1.29, 1.82) is 0 Å². The Morgan fingerprint density at radius 1 is 1.39 bits per heavy atom. The van der Waals surface area contributed by atoms with Gasteiger partial charge in [-0.15, -0.1) is 0 Å². The van der Waals surface area contributed by atoms with Crippen LogP contribution in [-0.4, -0.2) is 61.0 Å². The molecule has 4 nitrogen and oxygen atoms in total. The van der Waals surface area contributed by atoms with Crippen molar-refractivity contribution in [3.63, 3.8) is 0 Å². The van der Waals surface area contributed by atoms with E-state index in [2.05, 4.69) is 43.1 Å². The van der Waals surface area contributed by atoms with Gasteiger partial charge in [-0.05, 0) is 47.2 Å². The first-order valence-electron chi connectivity index (χ1n) is 7.24. The molecule has 18 heavy (non-hydrogen) atoms. The van der Waals surface area contributed by atoms with E-state index in [4.69, 9.17) is 0 Å². The van der Waals surface area contributed by atoms with E-state index in [1.54, 1.807) is 0 Å². The quantitative estimate of drug-likeness (QED) is 0.791. The molecule has 0 aromatic carbocycles. The summed E-state index contributed by atoms with van der Waals surface area (Å²) in [5, 5.41) is 3.56. The number of nitrogens with one attached hydrogen (secondary N) is 1. The Bertz CT molecular complexity index is 305. The van der Waals surface area contributed by atoms with Crippen LogP contribution < -0.4 is 5.32 Å². The largest absolute Gasteiger partial charge is 0.339 e. The van der Waals surface area contributed by atoms with Gasteiger partial charge < -0.3 is 15.1 Å². The summed E-state index contributed by atoms with van der Waals surface area (Å²) in [6.45, 7) is 6.00. The summed E-state index contributed by atoms with van der Waals surface area (Å²) in [6.07, 6.45) is 3.49. The van der Waals surface area contributed by atoms with Crippen molar-refractivity contribution in [2.45, 2.75) is 51.2 Å². The third-order valence-electron chi connectivity index (χ3n) is 4.40. The van der Waals surface area contributed by atoms with Gasteiger partial charge in [0, 0.05) is 31.2 Å². The number of hydrogen-bond donors (Lipinski definition) is 1. The first-order chi connectivity index (χ1) is 8.52. The van der Waals surface area contributed by atoms with E-state index in [-0.39, 0.29) is 5.92 Å². The van der Waals surface area contributed by atoms with Crippen molar-refractivity contribution in [1.82, 2.24) is 15.1 Å². The van der Waals surface area contributed by atoms with Crippen LogP contribution in [0.3, 0.4) is 0 Å². The lowest BCUT2D eigenvalue weighted by molar-refractivity contribution is -0.138. The van der Waals surface area contributed by atoms with Crippen LogP contribution in [-0.2, 0) is 4.79 Å². The second kappa shape index (κ2) is 5.57. The molecular formula is C14H27N3O. The van der Waals surface area contributed by atoms with Crippen LogP contribution in [0.1, 0.15) is 33.1 Å². The summed E-state index contributed by atoms with van der Waals surface area (Å²) in [6, 6.07) is 1.35. The summed E-state index contributed by atoms with van der Waals surface area (Å²) in [7, 11) is 4.13. The van der Waals surface area contributed by atoms with Gasteiger partial charge >= 0.3 is 0 Å². The second-order valence-electron chi connectivity index (χ2n) is 6.13. The predicted octanol–water partition coefficient (Wildman–Crippen LogP) is 0.926. The number of rotatable bonds is 5. The average molecular weight is 253 g/mol. The summed E-state index contributed by atoms with van der Waals surface area (Å²) < 4.78 is 0. The van der Waals surface area contributed by atoms with Gasteiger partial charge in [-0.2, -0.15) is 0 Å². The maximum atomic E-state index is 12.7. The third-order valence-corrected chi connectivity index (χ3v) is 4.40. The number of nitrogens with zero attached hydrogens (tertiary/aromatic N) is 2. The van der Waals surface area contributed by atoms with Crippen molar-refractivity contribution in [3.05, 3.63) is 0 Å². The predicted molar refractivity (Wildman–Crippen MR) is 73.5 cm³/mol. The Morgan fingerprint density at radius 3 is 2.56 bits per heavy atom. The fraction of sp³-hybridized carbons (Fsp3) is 0.929. The fourth-order valence-corrected chi connectivity index (χ4v) is 3.62. The molecular weight excluding hydrogens is 226 g/mol. The third kappa shape index (κ3) is 2.69. The van der Waals surface area contributed by atoms with Gasteiger partial charge in [0.25, 0.3) is 0 Å². The van der Waals surface area contributed by atoms with Gasteiger partial charge in [-0.1, -0.05) is 0 Å². The summed E-state index contributed by atoms with van der Waals surface area (Å²) >= 11 is 0. The van der Waals surface area contributed by atoms with E-state index >= 15 is 0 Å². The Kier molecular flexibility index (Phi) is 4.28. The van der Waals surface area contributed by atoms with Crippen molar-refractivity contribution in [3.8, 4) is 0 Å². The molecule has 0 radical (unpaired) electrons. The highest BCUT2D eigenvalue weighted by molar-refractivity contribution is 5.80. The van der Waals surface area contributed by atoms with Crippen LogP contribution in [0.25, 0.3) is 0 Å². The van der Waals surface area contributed by atoms with Crippen LogP contribution in [0.4, 0.5) is 0 Å².